The van der Waals surface area contributed by atoms with Gasteiger partial charge in [0, 0.05) is 60.5 Å². The maximum atomic E-state index is 13.1. The number of rotatable bonds is 15. The van der Waals surface area contributed by atoms with Gasteiger partial charge in [0.1, 0.15) is 11.7 Å². The van der Waals surface area contributed by atoms with Gasteiger partial charge in [0.15, 0.2) is 0 Å². The fourth-order valence-corrected chi connectivity index (χ4v) is 7.46. The molecular formula is C41H46N10O4. The number of hydrogen-bond acceptors (Lipinski definition) is 11. The van der Waals surface area contributed by atoms with Gasteiger partial charge in [-0.05, 0) is 106 Å². The fourth-order valence-electron chi connectivity index (χ4n) is 7.46. The van der Waals surface area contributed by atoms with Gasteiger partial charge in [-0.1, -0.05) is 18.2 Å². The van der Waals surface area contributed by atoms with Crippen LogP contribution in [0.4, 0.5) is 17.3 Å². The number of likely N-dealkylation sites (tertiary alicyclic amines) is 1. The third kappa shape index (κ3) is 8.34. The summed E-state index contributed by atoms with van der Waals surface area (Å²) in [6, 6.07) is 14.6. The van der Waals surface area contributed by atoms with E-state index in [-0.39, 0.29) is 24.0 Å². The van der Waals surface area contributed by atoms with E-state index in [1.807, 2.05) is 18.3 Å². The van der Waals surface area contributed by atoms with Crippen LogP contribution in [0.5, 0.6) is 0 Å². The zero-order valence-corrected chi connectivity index (χ0v) is 30.7. The first-order valence-corrected chi connectivity index (χ1v) is 18.9. The van der Waals surface area contributed by atoms with E-state index in [4.69, 9.17) is 10.7 Å². The fraction of sp³-hybridized carbons (Fsp3) is 0.341. The van der Waals surface area contributed by atoms with Gasteiger partial charge in [-0.15, -0.1) is 6.58 Å². The summed E-state index contributed by atoms with van der Waals surface area (Å²) in [6.45, 7) is 8.21. The zero-order valence-electron chi connectivity index (χ0n) is 30.7. The molecule has 4 amide bonds. The molecule has 2 aromatic heterocycles. The van der Waals surface area contributed by atoms with Gasteiger partial charge in [0.25, 0.3) is 11.8 Å². The van der Waals surface area contributed by atoms with E-state index in [0.717, 1.165) is 79.9 Å². The van der Waals surface area contributed by atoms with Crippen molar-refractivity contribution in [2.24, 2.45) is 10.7 Å². The second kappa shape index (κ2) is 16.9. The predicted molar refractivity (Wildman–Crippen MR) is 213 cm³/mol. The zero-order chi connectivity index (χ0) is 38.3. The minimum atomic E-state index is -0.968. The third-order valence-electron chi connectivity index (χ3n) is 10.5. The Morgan fingerprint density at radius 1 is 0.964 bits per heavy atom. The second-order valence-corrected chi connectivity index (χ2v) is 14.1. The number of H-pyrrole nitrogens is 1. The van der Waals surface area contributed by atoms with Crippen molar-refractivity contribution >= 4 is 63.8 Å². The van der Waals surface area contributed by atoms with Crippen LogP contribution in [0.2, 0.25) is 0 Å². The Balaban J connectivity index is 0.851. The molecular weight excluding hydrogens is 697 g/mol. The van der Waals surface area contributed by atoms with E-state index >= 15 is 0 Å². The van der Waals surface area contributed by atoms with Gasteiger partial charge in [0.2, 0.25) is 17.8 Å². The van der Waals surface area contributed by atoms with Gasteiger partial charge < -0.3 is 26.3 Å². The predicted octanol–water partition coefficient (Wildman–Crippen LogP) is 5.12. The van der Waals surface area contributed by atoms with E-state index in [9.17, 15) is 19.2 Å². The van der Waals surface area contributed by atoms with E-state index in [1.54, 1.807) is 24.4 Å². The van der Waals surface area contributed by atoms with Crippen molar-refractivity contribution in [2.45, 2.75) is 56.9 Å². The highest BCUT2D eigenvalue weighted by molar-refractivity contribution is 6.23. The number of nitrogens with zero attached hydrogens (tertiary/aromatic N) is 5. The number of nitrogens with two attached hydrogens (primary N) is 1. The lowest BCUT2D eigenvalue weighted by molar-refractivity contribution is -0.136. The topological polar surface area (TPSA) is 191 Å². The highest BCUT2D eigenvalue weighted by atomic mass is 16.2. The molecule has 2 fully saturated rings. The first kappa shape index (κ1) is 37.2. The SMILES string of the molecule is C=CCCN=C/C(=C\N)c1nc(Nc2ccc(C3CCN(CCCCNc4ccc5c(c4)C(=O)N(C4CCC(=O)NC4=O)C5=O)CC3)cc2)nc2[nH]ccc12. The number of benzene rings is 2. The number of aliphatic imine (C=N–C) groups is 1. The minimum Gasteiger partial charge on any atom is -0.404 e. The van der Waals surface area contributed by atoms with E-state index in [0.29, 0.717) is 35.3 Å². The maximum absolute atomic E-state index is 13.1. The molecule has 0 radical (unpaired) electrons. The first-order chi connectivity index (χ1) is 26.8. The molecule has 3 aliphatic heterocycles. The first-order valence-electron chi connectivity index (χ1n) is 18.9. The molecule has 0 aliphatic carbocycles. The van der Waals surface area contributed by atoms with E-state index in [2.05, 4.69) is 66.7 Å². The summed E-state index contributed by atoms with van der Waals surface area (Å²) in [4.78, 5) is 70.6. The van der Waals surface area contributed by atoms with Gasteiger partial charge in [-0.3, -0.25) is 34.4 Å². The van der Waals surface area contributed by atoms with E-state index in [1.165, 1.54) is 11.8 Å². The number of carbonyl (C=O) groups excluding carboxylic acids is 4. The van der Waals surface area contributed by atoms with Crippen molar-refractivity contribution in [3.05, 3.63) is 96.0 Å². The van der Waals surface area contributed by atoms with Crippen LogP contribution in [0.15, 0.2) is 78.6 Å². The van der Waals surface area contributed by atoms with Gasteiger partial charge >= 0.3 is 0 Å². The summed E-state index contributed by atoms with van der Waals surface area (Å²) >= 11 is 0. The number of carbonyl (C=O) groups is 4. The number of fused-ring (bicyclic) bond motifs is 2. The molecule has 6 N–H and O–H groups in total. The van der Waals surface area contributed by atoms with Crippen molar-refractivity contribution < 1.29 is 19.2 Å². The molecule has 0 saturated carbocycles. The summed E-state index contributed by atoms with van der Waals surface area (Å²) in [6.07, 6.45) is 12.1. The van der Waals surface area contributed by atoms with Crippen LogP contribution in [0.3, 0.4) is 0 Å². The Hall–Kier alpha value is -6.15. The van der Waals surface area contributed by atoms with Crippen LogP contribution >= 0.6 is 0 Å². The molecule has 5 heterocycles. The Kier molecular flexibility index (Phi) is 11.4. The lowest BCUT2D eigenvalue weighted by atomic mass is 9.89. The smallest absolute Gasteiger partial charge is 0.262 e. The molecule has 0 bridgehead atoms. The Morgan fingerprint density at radius 3 is 2.51 bits per heavy atom. The largest absolute Gasteiger partial charge is 0.404 e. The summed E-state index contributed by atoms with van der Waals surface area (Å²) in [5.74, 6) is -1.03. The van der Waals surface area contributed by atoms with Gasteiger partial charge in [-0.25, -0.2) is 4.98 Å². The minimum absolute atomic E-state index is 0.0936. The van der Waals surface area contributed by atoms with Crippen LogP contribution in [-0.4, -0.2) is 93.4 Å². The number of aromatic nitrogens is 3. The molecule has 14 heteroatoms. The number of imide groups is 2. The molecule has 3 aliphatic rings. The van der Waals surface area contributed by atoms with Gasteiger partial charge in [-0.2, -0.15) is 4.98 Å². The standard InChI is InChI=1S/C41H46N10O4/c1-2-3-17-43-25-28(24-42)36-32-14-19-45-37(32)49-41(48-36)46-29-8-6-26(7-9-29)27-15-21-50(22-16-27)20-5-4-18-44-30-10-11-31-33(23-30)40(55)51(39(31)54)34-12-13-35(52)47-38(34)53/h2,6-11,14,19,23-25,27,34,44H,1,3-5,12-13,15-18,20-22,42H2,(H,47,52,53)(H2,45,46,48,49)/b28-24+,43-25?. The molecule has 0 spiro atoms. The Bertz CT molecular complexity index is 2150. The normalized spacial score (nSPS) is 18.3. The van der Waals surface area contributed by atoms with Crippen molar-refractivity contribution in [1.82, 2.24) is 30.1 Å². The number of amides is 4. The van der Waals surface area contributed by atoms with Crippen molar-refractivity contribution in [3.8, 4) is 0 Å². The molecule has 2 aromatic carbocycles. The average Bonchev–Trinajstić information content (AvgIpc) is 3.77. The quantitative estimate of drug-likeness (QED) is 0.0473. The van der Waals surface area contributed by atoms with Crippen LogP contribution < -0.4 is 21.7 Å². The average molecular weight is 743 g/mol. The summed E-state index contributed by atoms with van der Waals surface area (Å²) in [5.41, 5.74) is 11.7. The molecule has 4 aromatic rings. The highest BCUT2D eigenvalue weighted by Gasteiger charge is 2.44. The summed E-state index contributed by atoms with van der Waals surface area (Å²) < 4.78 is 0. The Morgan fingerprint density at radius 2 is 1.75 bits per heavy atom. The lowest BCUT2D eigenvalue weighted by Crippen LogP contribution is -2.54. The van der Waals surface area contributed by atoms with Crippen molar-refractivity contribution in [3.63, 3.8) is 0 Å². The third-order valence-corrected chi connectivity index (χ3v) is 10.5. The number of allylic oxidation sites excluding steroid dienone is 1. The Labute approximate surface area is 319 Å². The van der Waals surface area contributed by atoms with Crippen LogP contribution in [0, 0.1) is 0 Å². The molecule has 7 rings (SSSR count). The molecule has 2 saturated heterocycles. The summed E-state index contributed by atoms with van der Waals surface area (Å²) in [5, 5.41) is 9.83. The molecule has 1 unspecified atom stereocenters. The number of piperidine rings is 2. The molecule has 55 heavy (non-hydrogen) atoms. The molecule has 1 atom stereocenters. The number of anilines is 3. The number of hydrogen-bond donors (Lipinski definition) is 5. The number of aromatic amines is 1. The van der Waals surface area contributed by atoms with Gasteiger partial charge in [0.05, 0.1) is 16.8 Å². The van der Waals surface area contributed by atoms with Crippen LogP contribution in [0.25, 0.3) is 16.6 Å². The van der Waals surface area contributed by atoms with Crippen LogP contribution in [-0.2, 0) is 9.59 Å². The maximum Gasteiger partial charge on any atom is 0.262 e. The van der Waals surface area contributed by atoms with E-state index < -0.39 is 29.7 Å². The highest BCUT2D eigenvalue weighted by Crippen LogP contribution is 2.31. The number of nitrogens with one attached hydrogen (secondary N) is 4. The van der Waals surface area contributed by atoms with Crippen molar-refractivity contribution in [2.75, 3.05) is 43.4 Å². The summed E-state index contributed by atoms with van der Waals surface area (Å²) in [7, 11) is 0. The second-order valence-electron chi connectivity index (χ2n) is 14.1. The molecule has 284 valence electrons. The lowest BCUT2D eigenvalue weighted by Gasteiger charge is -2.32. The molecule has 14 nitrogen and oxygen atoms in total. The monoisotopic (exact) mass is 742 g/mol. The number of unbranched alkanes of at least 4 members (excludes halogenated alkanes) is 1. The van der Waals surface area contributed by atoms with Crippen molar-refractivity contribution in [1.29, 1.82) is 0 Å². The van der Waals surface area contributed by atoms with Crippen LogP contribution in [0.1, 0.15) is 82.8 Å².